The lowest BCUT2D eigenvalue weighted by atomic mass is 9.75. The van der Waals surface area contributed by atoms with E-state index in [9.17, 15) is 18.3 Å². The van der Waals surface area contributed by atoms with E-state index in [1.54, 1.807) is 0 Å². The van der Waals surface area contributed by atoms with Crippen LogP contribution in [0, 0.1) is 5.41 Å². The molecule has 1 aliphatic rings. The second-order valence-corrected chi connectivity index (χ2v) is 7.11. The molecule has 1 saturated carbocycles. The molecule has 7 heteroatoms. The number of carbonyl (C=O) groups is 1. The summed E-state index contributed by atoms with van der Waals surface area (Å²) >= 11 is 0. The highest BCUT2D eigenvalue weighted by Gasteiger charge is 2.32. The minimum atomic E-state index is -3.50. The first kappa shape index (κ1) is 16.4. The molecule has 112 valence electrons. The second-order valence-electron chi connectivity index (χ2n) is 5.18. The summed E-state index contributed by atoms with van der Waals surface area (Å²) in [5.74, 6) is -0.818. The molecule has 0 bridgehead atoms. The molecule has 0 heterocycles. The van der Waals surface area contributed by atoms with Gasteiger partial charge in [-0.3, -0.25) is 4.79 Å². The van der Waals surface area contributed by atoms with Crippen LogP contribution in [0.15, 0.2) is 0 Å². The number of aliphatic hydroxyl groups is 1. The summed E-state index contributed by atoms with van der Waals surface area (Å²) in [4.78, 5) is 10.9. The maximum Gasteiger partial charge on any atom is 0.306 e. The van der Waals surface area contributed by atoms with Gasteiger partial charge in [-0.15, -0.1) is 0 Å². The Bertz CT molecular complexity index is 387. The topological polar surface area (TPSA) is 92.7 Å². The van der Waals surface area contributed by atoms with Crippen LogP contribution in [0.25, 0.3) is 0 Å². The molecule has 0 amide bonds. The summed E-state index contributed by atoms with van der Waals surface area (Å²) in [6, 6.07) is 0. The van der Waals surface area contributed by atoms with Crippen LogP contribution in [-0.4, -0.2) is 45.5 Å². The smallest absolute Gasteiger partial charge is 0.306 e. The molecular weight excluding hydrogens is 270 g/mol. The normalized spacial score (nSPS) is 19.1. The molecule has 0 radical (unpaired) electrons. The van der Waals surface area contributed by atoms with Gasteiger partial charge >= 0.3 is 5.97 Å². The van der Waals surface area contributed by atoms with Crippen molar-refractivity contribution in [2.45, 2.75) is 38.5 Å². The van der Waals surface area contributed by atoms with E-state index in [1.165, 1.54) is 7.11 Å². The maximum atomic E-state index is 11.8. The van der Waals surface area contributed by atoms with E-state index in [-0.39, 0.29) is 30.7 Å². The highest BCUT2D eigenvalue weighted by Crippen LogP contribution is 2.35. The van der Waals surface area contributed by atoms with Crippen molar-refractivity contribution in [2.75, 3.05) is 26.0 Å². The standard InChI is InChI=1S/C12H23NO5S/c1-18-11(15)5-8-19(16,17)13-9-12(10-14)6-3-2-4-7-12/h13-14H,2-10H2,1H3. The summed E-state index contributed by atoms with van der Waals surface area (Å²) in [5.41, 5.74) is -0.337. The summed E-state index contributed by atoms with van der Waals surface area (Å²) in [5, 5.41) is 9.49. The van der Waals surface area contributed by atoms with Crippen LogP contribution in [0.2, 0.25) is 0 Å². The molecule has 2 N–H and O–H groups in total. The molecule has 6 nitrogen and oxygen atoms in total. The van der Waals surface area contributed by atoms with Gasteiger partial charge in [0.1, 0.15) is 0 Å². The highest BCUT2D eigenvalue weighted by molar-refractivity contribution is 7.89. The Morgan fingerprint density at radius 2 is 1.95 bits per heavy atom. The van der Waals surface area contributed by atoms with Crippen molar-refractivity contribution >= 4 is 16.0 Å². The lowest BCUT2D eigenvalue weighted by Gasteiger charge is -2.35. The predicted octanol–water partition coefficient (Wildman–Crippen LogP) is 0.412. The Labute approximate surface area is 114 Å². The second kappa shape index (κ2) is 7.21. The fourth-order valence-corrected chi connectivity index (χ4v) is 3.45. The van der Waals surface area contributed by atoms with Crippen molar-refractivity contribution in [3.63, 3.8) is 0 Å². The lowest BCUT2D eigenvalue weighted by molar-refractivity contribution is -0.140. The van der Waals surface area contributed by atoms with Gasteiger partial charge < -0.3 is 9.84 Å². The van der Waals surface area contributed by atoms with Gasteiger partial charge in [-0.1, -0.05) is 19.3 Å². The van der Waals surface area contributed by atoms with Gasteiger partial charge in [0.15, 0.2) is 0 Å². The number of hydrogen-bond donors (Lipinski definition) is 2. The summed E-state index contributed by atoms with van der Waals surface area (Å²) in [7, 11) is -2.27. The average Bonchev–Trinajstić information content (AvgIpc) is 2.44. The first-order valence-electron chi connectivity index (χ1n) is 6.58. The number of nitrogens with one attached hydrogen (secondary N) is 1. The van der Waals surface area contributed by atoms with Gasteiger partial charge in [0.2, 0.25) is 10.0 Å². The molecule has 1 fully saturated rings. The number of methoxy groups -OCH3 is 1. The average molecular weight is 293 g/mol. The summed E-state index contributed by atoms with van der Waals surface area (Å²) in [6.45, 7) is 0.236. The van der Waals surface area contributed by atoms with Crippen molar-refractivity contribution in [1.82, 2.24) is 4.72 Å². The number of sulfonamides is 1. The van der Waals surface area contributed by atoms with Crippen molar-refractivity contribution in [1.29, 1.82) is 0 Å². The van der Waals surface area contributed by atoms with Crippen molar-refractivity contribution in [3.05, 3.63) is 0 Å². The Kier molecular flexibility index (Phi) is 6.22. The van der Waals surface area contributed by atoms with E-state index in [0.29, 0.717) is 0 Å². The van der Waals surface area contributed by atoms with Gasteiger partial charge in [0.05, 0.1) is 19.3 Å². The van der Waals surface area contributed by atoms with Gasteiger partial charge in [0, 0.05) is 18.6 Å². The van der Waals surface area contributed by atoms with Crippen LogP contribution >= 0.6 is 0 Å². The number of hydrogen-bond acceptors (Lipinski definition) is 5. The fourth-order valence-electron chi connectivity index (χ4n) is 2.35. The van der Waals surface area contributed by atoms with E-state index in [2.05, 4.69) is 9.46 Å². The van der Waals surface area contributed by atoms with E-state index >= 15 is 0 Å². The van der Waals surface area contributed by atoms with Crippen molar-refractivity contribution in [2.24, 2.45) is 5.41 Å². The quantitative estimate of drug-likeness (QED) is 0.663. The Hall–Kier alpha value is -0.660. The zero-order valence-corrected chi connectivity index (χ0v) is 12.2. The molecule has 0 saturated heterocycles. The molecule has 1 rings (SSSR count). The molecule has 0 aliphatic heterocycles. The van der Waals surface area contributed by atoms with Gasteiger partial charge in [-0.25, -0.2) is 13.1 Å². The Morgan fingerprint density at radius 1 is 1.32 bits per heavy atom. The van der Waals surface area contributed by atoms with E-state index in [4.69, 9.17) is 0 Å². The van der Waals surface area contributed by atoms with Gasteiger partial charge in [-0.2, -0.15) is 0 Å². The van der Waals surface area contributed by atoms with Crippen molar-refractivity contribution < 1.29 is 23.1 Å². The molecule has 0 atom stereocenters. The zero-order chi connectivity index (χ0) is 14.4. The minimum Gasteiger partial charge on any atom is -0.469 e. The maximum absolute atomic E-state index is 11.8. The Morgan fingerprint density at radius 3 is 2.47 bits per heavy atom. The minimum absolute atomic E-state index is 0.00742. The molecule has 19 heavy (non-hydrogen) atoms. The summed E-state index contributed by atoms with van der Waals surface area (Å²) < 4.78 is 30.4. The molecule has 1 aliphatic carbocycles. The number of rotatable bonds is 7. The largest absolute Gasteiger partial charge is 0.469 e. The third kappa shape index (κ3) is 5.46. The van der Waals surface area contributed by atoms with E-state index in [0.717, 1.165) is 32.1 Å². The van der Waals surface area contributed by atoms with Crippen LogP contribution in [0.3, 0.4) is 0 Å². The van der Waals surface area contributed by atoms with Crippen LogP contribution < -0.4 is 4.72 Å². The van der Waals surface area contributed by atoms with Gasteiger partial charge in [-0.05, 0) is 12.8 Å². The number of aliphatic hydroxyl groups excluding tert-OH is 1. The summed E-state index contributed by atoms with van der Waals surface area (Å²) in [6.07, 6.45) is 4.69. The third-order valence-electron chi connectivity index (χ3n) is 3.72. The lowest BCUT2D eigenvalue weighted by Crippen LogP contribution is -2.42. The molecule has 0 aromatic heterocycles. The molecule has 0 aromatic carbocycles. The van der Waals surface area contributed by atoms with Crippen LogP contribution in [0.4, 0.5) is 0 Å². The molecule has 0 aromatic rings. The number of carbonyl (C=O) groups excluding carboxylic acids is 1. The zero-order valence-electron chi connectivity index (χ0n) is 11.4. The van der Waals surface area contributed by atoms with Crippen LogP contribution in [0.5, 0.6) is 0 Å². The SMILES string of the molecule is COC(=O)CCS(=O)(=O)NCC1(CO)CCCCC1. The van der Waals surface area contributed by atoms with E-state index in [1.807, 2.05) is 0 Å². The van der Waals surface area contributed by atoms with Gasteiger partial charge in [0.25, 0.3) is 0 Å². The monoisotopic (exact) mass is 293 g/mol. The fraction of sp³-hybridized carbons (Fsp3) is 0.917. The van der Waals surface area contributed by atoms with Crippen LogP contribution in [-0.2, 0) is 19.6 Å². The van der Waals surface area contributed by atoms with Crippen LogP contribution in [0.1, 0.15) is 38.5 Å². The highest BCUT2D eigenvalue weighted by atomic mass is 32.2. The third-order valence-corrected chi connectivity index (χ3v) is 5.05. The molecule has 0 spiro atoms. The Balaban J connectivity index is 2.46. The number of ether oxygens (including phenoxy) is 1. The molecule has 0 unspecified atom stereocenters. The first-order chi connectivity index (χ1) is 8.93. The first-order valence-corrected chi connectivity index (χ1v) is 8.23. The number of esters is 1. The van der Waals surface area contributed by atoms with Crippen molar-refractivity contribution in [3.8, 4) is 0 Å². The molecular formula is C12H23NO5S. The predicted molar refractivity (Wildman–Crippen MR) is 71.0 cm³/mol. The van der Waals surface area contributed by atoms with E-state index < -0.39 is 16.0 Å².